The Kier molecular flexibility index (Phi) is 9.48. The van der Waals surface area contributed by atoms with Crippen molar-refractivity contribution < 1.29 is 0 Å². The zero-order valence-electron chi connectivity index (χ0n) is 6.36. The molecule has 0 rings (SSSR count). The molecule has 15 heavy (non-hydrogen) atoms. The average molecular weight is 860 g/mol. The average Bonchev–Trinajstić information content (AvgIpc) is 2.02. The first-order valence-electron chi connectivity index (χ1n) is 2.99. The molecule has 0 heterocycles. The summed E-state index contributed by atoms with van der Waals surface area (Å²) in [4.78, 5) is 0. The lowest BCUT2D eigenvalue weighted by Crippen LogP contribution is -2.51. The lowest BCUT2D eigenvalue weighted by atomic mass is 10.3. The summed E-state index contributed by atoms with van der Waals surface area (Å²) in [6.07, 6.45) is 0. The van der Waals surface area contributed by atoms with E-state index in [0.717, 1.165) is 3.74 Å². The molecule has 0 unspecified atom stereocenters. The molecule has 0 saturated heterocycles. The fraction of sp³-hybridized carbons (Fsp3) is 0.800. The zero-order valence-corrected chi connectivity index (χ0v) is 22.2. The predicted octanol–water partition coefficient (Wildman–Crippen LogP) is 7.84. The third-order valence-corrected chi connectivity index (χ3v) is 19.3. The molecule has 0 fully saturated rings. The molecule has 0 spiro atoms. The van der Waals surface area contributed by atoms with E-state index in [1.54, 1.807) is 0 Å². The van der Waals surface area contributed by atoms with E-state index in [9.17, 15) is 0 Å². The van der Waals surface area contributed by atoms with Gasteiger partial charge >= 0.3 is 0 Å². The quantitative estimate of drug-likeness (QED) is 0.253. The molecule has 0 aromatic rings. The second-order valence-corrected chi connectivity index (χ2v) is 18.5. The van der Waals surface area contributed by atoms with Crippen LogP contribution in [0.3, 0.4) is 0 Å². The molecule has 0 aliphatic rings. The summed E-state index contributed by atoms with van der Waals surface area (Å²) in [5.74, 6) is 0. The first-order valence-corrected chi connectivity index (χ1v) is 11.2. The Hall–Kier alpha value is 4.80. The first-order chi connectivity index (χ1) is 6.39. The van der Waals surface area contributed by atoms with Crippen molar-refractivity contribution in [1.29, 1.82) is 0 Å². The standard InChI is InChI=1S/C5HBr10/c6-1(7)3(10,11)5(14,15)4(12,13)2(8)9/h1H. The second-order valence-electron chi connectivity index (χ2n) is 2.33. The van der Waals surface area contributed by atoms with Gasteiger partial charge in [0.25, 0.3) is 0 Å². The molecule has 0 aromatic heterocycles. The molecule has 10 heteroatoms. The van der Waals surface area contributed by atoms with Gasteiger partial charge in [-0.1, -0.05) is 159 Å². The SMILES string of the molecule is Br[C](Br)C(Br)(Br)C(Br)(Br)C(Br)(Br)C(Br)Br. The van der Waals surface area contributed by atoms with Gasteiger partial charge in [-0.3, -0.25) is 0 Å². The third-order valence-electron chi connectivity index (χ3n) is 1.32. The Bertz CT molecular complexity index is 196. The topological polar surface area (TPSA) is 0 Å². The Balaban J connectivity index is 5.30. The van der Waals surface area contributed by atoms with E-state index in [2.05, 4.69) is 159 Å². The zero-order chi connectivity index (χ0) is 12.7. The highest BCUT2D eigenvalue weighted by molar-refractivity contribution is 9.35. The van der Waals surface area contributed by atoms with Gasteiger partial charge in [0.2, 0.25) is 0 Å². The van der Waals surface area contributed by atoms with Crippen LogP contribution in [0.5, 0.6) is 0 Å². The van der Waals surface area contributed by atoms with Crippen molar-refractivity contribution in [3.63, 3.8) is 0 Å². The predicted molar refractivity (Wildman–Crippen MR) is 104 cm³/mol. The number of hydrogen-bond acceptors (Lipinski definition) is 0. The first kappa shape index (κ1) is 19.8. The van der Waals surface area contributed by atoms with Gasteiger partial charge in [-0.05, 0) is 0 Å². The van der Waals surface area contributed by atoms with E-state index in [-0.39, 0.29) is 3.74 Å². The van der Waals surface area contributed by atoms with Gasteiger partial charge < -0.3 is 0 Å². The van der Waals surface area contributed by atoms with Crippen LogP contribution in [-0.4, -0.2) is 13.4 Å². The summed E-state index contributed by atoms with van der Waals surface area (Å²) in [6, 6.07) is 0. The van der Waals surface area contributed by atoms with Crippen LogP contribution in [0.2, 0.25) is 0 Å². The largest absolute Gasteiger partial charge is 0.135 e. The third kappa shape index (κ3) is 4.38. The number of halogens is 10. The van der Waals surface area contributed by atoms with Crippen LogP contribution in [-0.2, 0) is 0 Å². The van der Waals surface area contributed by atoms with E-state index in [1.807, 2.05) is 0 Å². The van der Waals surface area contributed by atoms with Crippen molar-refractivity contribution in [2.45, 2.75) is 13.4 Å². The fourth-order valence-electron chi connectivity index (χ4n) is 0.465. The summed E-state index contributed by atoms with van der Waals surface area (Å²) >= 11 is 35.2. The maximum atomic E-state index is 3.61. The molecular formula is C5HBr10. The van der Waals surface area contributed by atoms with Gasteiger partial charge in [0.05, 0.1) is 3.74 Å². The Morgan fingerprint density at radius 3 is 1.33 bits per heavy atom. The second kappa shape index (κ2) is 7.18. The van der Waals surface area contributed by atoms with Crippen LogP contribution in [0, 0.1) is 3.74 Å². The van der Waals surface area contributed by atoms with Crippen LogP contribution in [0.25, 0.3) is 0 Å². The van der Waals surface area contributed by atoms with Crippen molar-refractivity contribution in [3.8, 4) is 0 Å². The Morgan fingerprint density at radius 1 is 0.800 bits per heavy atom. The van der Waals surface area contributed by atoms with Gasteiger partial charge in [-0.2, -0.15) is 0 Å². The smallest absolute Gasteiger partial charge is 0.0739 e. The Morgan fingerprint density at radius 2 is 1.13 bits per heavy atom. The van der Waals surface area contributed by atoms with Gasteiger partial charge in [0.1, 0.15) is 13.4 Å². The van der Waals surface area contributed by atoms with Crippen molar-refractivity contribution in [1.82, 2.24) is 0 Å². The Labute approximate surface area is 173 Å². The minimum absolute atomic E-state index is 0.0370. The monoisotopic (exact) mass is 850 g/mol. The van der Waals surface area contributed by atoms with Crippen LogP contribution in [0.15, 0.2) is 0 Å². The van der Waals surface area contributed by atoms with Crippen molar-refractivity contribution in [2.75, 3.05) is 0 Å². The van der Waals surface area contributed by atoms with Crippen LogP contribution in [0.4, 0.5) is 0 Å². The lowest BCUT2D eigenvalue weighted by molar-refractivity contribution is 0.786. The fourth-order valence-corrected chi connectivity index (χ4v) is 7.18. The number of rotatable bonds is 4. The maximum Gasteiger partial charge on any atom is 0.135 e. The van der Waals surface area contributed by atoms with Crippen molar-refractivity contribution in [2.24, 2.45) is 0 Å². The minimum Gasteiger partial charge on any atom is -0.0739 e. The summed E-state index contributed by atoms with van der Waals surface area (Å²) < 4.78 is -0.947. The van der Waals surface area contributed by atoms with E-state index in [1.165, 1.54) is 0 Å². The maximum absolute atomic E-state index is 3.61. The normalized spacial score (nSPS) is 15.2. The molecule has 0 aliphatic heterocycles. The summed E-state index contributed by atoms with van der Waals surface area (Å²) in [6.45, 7) is 0. The molecule has 0 bridgehead atoms. The van der Waals surface area contributed by atoms with Gasteiger partial charge in [0, 0.05) is 0 Å². The molecule has 0 aliphatic carbocycles. The van der Waals surface area contributed by atoms with Gasteiger partial charge in [-0.25, -0.2) is 0 Å². The van der Waals surface area contributed by atoms with Crippen molar-refractivity contribution in [3.05, 3.63) is 3.74 Å². The summed E-state index contributed by atoms with van der Waals surface area (Å²) in [7, 11) is 0. The summed E-state index contributed by atoms with van der Waals surface area (Å²) in [5.41, 5.74) is 0. The lowest BCUT2D eigenvalue weighted by Gasteiger charge is -2.44. The van der Waals surface area contributed by atoms with Crippen LogP contribution >= 0.6 is 159 Å². The van der Waals surface area contributed by atoms with Crippen LogP contribution in [0.1, 0.15) is 0 Å². The molecule has 0 aromatic carbocycles. The van der Waals surface area contributed by atoms with Crippen molar-refractivity contribution >= 4 is 159 Å². The molecule has 0 atom stereocenters. The molecule has 1 radical (unpaired) electrons. The molecule has 91 valence electrons. The highest BCUT2D eigenvalue weighted by Crippen LogP contribution is 2.67. The molecular weight excluding hydrogens is 859 g/mol. The number of hydrogen-bond donors (Lipinski definition) is 0. The molecule has 0 nitrogen and oxygen atoms in total. The van der Waals surface area contributed by atoms with E-state index < -0.39 is 9.70 Å². The molecule has 0 saturated carbocycles. The molecule has 0 N–H and O–H groups in total. The minimum atomic E-state index is -0.597. The highest BCUT2D eigenvalue weighted by atomic mass is 79.9. The van der Waals surface area contributed by atoms with Gasteiger partial charge in [0.15, 0.2) is 0 Å². The van der Waals surface area contributed by atoms with Crippen LogP contribution < -0.4 is 0 Å². The molecule has 0 amide bonds. The highest BCUT2D eigenvalue weighted by Gasteiger charge is 2.62. The summed E-state index contributed by atoms with van der Waals surface area (Å²) in [5, 5.41) is 0. The van der Waals surface area contributed by atoms with E-state index in [4.69, 9.17) is 0 Å². The van der Waals surface area contributed by atoms with E-state index >= 15 is 0 Å². The van der Waals surface area contributed by atoms with E-state index in [0.29, 0.717) is 0 Å². The van der Waals surface area contributed by atoms with Gasteiger partial charge in [-0.15, -0.1) is 0 Å². The number of alkyl halides is 8.